The van der Waals surface area contributed by atoms with Crippen LogP contribution in [0.1, 0.15) is 57.2 Å². The summed E-state index contributed by atoms with van der Waals surface area (Å²) in [6, 6.07) is 8.35. The van der Waals surface area contributed by atoms with E-state index in [9.17, 15) is 4.79 Å². The van der Waals surface area contributed by atoms with Crippen molar-refractivity contribution < 1.29 is 14.3 Å². The molecule has 23 heavy (non-hydrogen) atoms. The smallest absolute Gasteiger partial charge is 0.249 e. The van der Waals surface area contributed by atoms with E-state index < -0.39 is 6.10 Å². The Bertz CT molecular complexity index is 480. The molecule has 0 unspecified atom stereocenters. The molecule has 0 bridgehead atoms. The van der Waals surface area contributed by atoms with E-state index in [0.717, 1.165) is 31.4 Å². The van der Waals surface area contributed by atoms with Gasteiger partial charge in [0.15, 0.2) is 0 Å². The lowest BCUT2D eigenvalue weighted by Crippen LogP contribution is -2.38. The van der Waals surface area contributed by atoms with E-state index in [-0.39, 0.29) is 18.1 Å². The Balaban J connectivity index is 1.77. The second kappa shape index (κ2) is 9.04. The quantitative estimate of drug-likeness (QED) is 0.838. The van der Waals surface area contributed by atoms with E-state index in [1.54, 1.807) is 6.92 Å². The van der Waals surface area contributed by atoms with Gasteiger partial charge in [-0.2, -0.15) is 0 Å². The molecule has 1 fully saturated rings. The van der Waals surface area contributed by atoms with E-state index >= 15 is 0 Å². The third-order valence-electron chi connectivity index (χ3n) is 4.42. The molecule has 1 aromatic rings. The van der Waals surface area contributed by atoms with Crippen molar-refractivity contribution in [2.75, 3.05) is 13.2 Å². The summed E-state index contributed by atoms with van der Waals surface area (Å²) >= 11 is 0. The van der Waals surface area contributed by atoms with Gasteiger partial charge in [0.05, 0.1) is 18.8 Å². The maximum absolute atomic E-state index is 12.2. The minimum absolute atomic E-state index is 0.0228. The second-order valence-corrected chi connectivity index (χ2v) is 6.29. The van der Waals surface area contributed by atoms with Crippen molar-refractivity contribution in [3.8, 4) is 0 Å². The number of ether oxygens (including phenoxy) is 2. The van der Waals surface area contributed by atoms with Crippen molar-refractivity contribution in [3.05, 3.63) is 35.4 Å². The van der Waals surface area contributed by atoms with E-state index in [0.29, 0.717) is 6.61 Å². The van der Waals surface area contributed by atoms with Crippen LogP contribution in [0.4, 0.5) is 0 Å². The van der Waals surface area contributed by atoms with Gasteiger partial charge in [0, 0.05) is 6.61 Å². The molecule has 1 amide bonds. The van der Waals surface area contributed by atoms with Crippen LogP contribution >= 0.6 is 0 Å². The van der Waals surface area contributed by atoms with Crippen LogP contribution in [0.2, 0.25) is 0 Å². The number of carbonyl (C=O) groups excluding carboxylic acids is 1. The first-order valence-corrected chi connectivity index (χ1v) is 8.72. The Hall–Kier alpha value is -1.39. The minimum atomic E-state index is -0.460. The Labute approximate surface area is 139 Å². The molecule has 0 aliphatic carbocycles. The molecule has 3 atom stereocenters. The normalized spacial score (nSPS) is 20.7. The van der Waals surface area contributed by atoms with Crippen molar-refractivity contribution in [3.63, 3.8) is 0 Å². The lowest BCUT2D eigenvalue weighted by Gasteiger charge is -2.24. The molecule has 1 aliphatic rings. The summed E-state index contributed by atoms with van der Waals surface area (Å²) in [5, 5.41) is 3.02. The molecule has 4 heteroatoms. The van der Waals surface area contributed by atoms with Crippen molar-refractivity contribution in [2.24, 2.45) is 0 Å². The van der Waals surface area contributed by atoms with Gasteiger partial charge in [-0.3, -0.25) is 4.79 Å². The van der Waals surface area contributed by atoms with Crippen LogP contribution in [0.5, 0.6) is 0 Å². The van der Waals surface area contributed by atoms with Gasteiger partial charge in [-0.25, -0.2) is 0 Å². The highest BCUT2D eigenvalue weighted by atomic mass is 16.5. The molecule has 1 saturated heterocycles. The fourth-order valence-corrected chi connectivity index (χ4v) is 2.72. The molecular formula is C19H29NO3. The average Bonchev–Trinajstić information content (AvgIpc) is 2.60. The molecule has 0 aromatic heterocycles. The summed E-state index contributed by atoms with van der Waals surface area (Å²) in [5.74, 6) is -0.0760. The van der Waals surface area contributed by atoms with E-state index in [1.807, 2.05) is 6.92 Å². The third kappa shape index (κ3) is 5.63. The maximum Gasteiger partial charge on any atom is 0.249 e. The summed E-state index contributed by atoms with van der Waals surface area (Å²) in [6.07, 6.45) is 4.03. The van der Waals surface area contributed by atoms with Crippen LogP contribution in [0.3, 0.4) is 0 Å². The van der Waals surface area contributed by atoms with Gasteiger partial charge in [-0.15, -0.1) is 0 Å². The first kappa shape index (κ1) is 18.0. The number of nitrogens with one attached hydrogen (secondary N) is 1. The minimum Gasteiger partial charge on any atom is -0.376 e. The molecule has 128 valence electrons. The average molecular weight is 319 g/mol. The molecule has 1 aliphatic heterocycles. The molecular weight excluding hydrogens is 290 g/mol. The van der Waals surface area contributed by atoms with E-state index in [1.165, 1.54) is 12.0 Å². The Morgan fingerprint density at radius 1 is 1.30 bits per heavy atom. The number of carbonyl (C=O) groups is 1. The number of amides is 1. The second-order valence-electron chi connectivity index (χ2n) is 6.29. The van der Waals surface area contributed by atoms with Gasteiger partial charge in [-0.05, 0) is 50.7 Å². The fraction of sp³-hybridized carbons (Fsp3) is 0.632. The predicted octanol–water partition coefficient (Wildman–Crippen LogP) is 3.40. The highest BCUT2D eigenvalue weighted by Crippen LogP contribution is 2.15. The third-order valence-corrected chi connectivity index (χ3v) is 4.42. The summed E-state index contributed by atoms with van der Waals surface area (Å²) in [4.78, 5) is 12.2. The van der Waals surface area contributed by atoms with Crippen LogP contribution in [0.25, 0.3) is 0 Å². The Morgan fingerprint density at radius 2 is 2.04 bits per heavy atom. The molecule has 0 radical (unpaired) electrons. The predicted molar refractivity (Wildman–Crippen MR) is 91.4 cm³/mol. The van der Waals surface area contributed by atoms with E-state index in [2.05, 4.69) is 36.5 Å². The fourth-order valence-electron chi connectivity index (χ4n) is 2.72. The van der Waals surface area contributed by atoms with Crippen LogP contribution in [0, 0.1) is 0 Å². The van der Waals surface area contributed by atoms with Gasteiger partial charge in [0.25, 0.3) is 0 Å². The largest absolute Gasteiger partial charge is 0.376 e. The molecule has 1 aromatic carbocycles. The number of benzene rings is 1. The lowest BCUT2D eigenvalue weighted by atomic mass is 10.0. The van der Waals surface area contributed by atoms with Gasteiger partial charge in [0.1, 0.15) is 6.10 Å². The maximum atomic E-state index is 12.2. The zero-order valence-corrected chi connectivity index (χ0v) is 14.5. The number of hydrogen-bond acceptors (Lipinski definition) is 3. The molecule has 2 rings (SSSR count). The molecule has 0 saturated carbocycles. The standard InChI is InChI=1S/C19H29NO3/c1-4-16-8-10-17(11-9-16)14(2)20-19(21)15(3)23-13-18-7-5-6-12-22-18/h8-11,14-15,18H,4-7,12-13H2,1-3H3,(H,20,21)/t14-,15+,18+/m0/s1. The molecule has 1 N–H and O–H groups in total. The number of aryl methyl sites for hydroxylation is 1. The topological polar surface area (TPSA) is 47.6 Å². The molecule has 0 spiro atoms. The zero-order valence-electron chi connectivity index (χ0n) is 14.5. The number of hydrogen-bond donors (Lipinski definition) is 1. The van der Waals surface area contributed by atoms with Crippen LogP contribution < -0.4 is 5.32 Å². The first-order chi connectivity index (χ1) is 11.1. The van der Waals surface area contributed by atoms with E-state index in [4.69, 9.17) is 9.47 Å². The van der Waals surface area contributed by atoms with Crippen molar-refractivity contribution >= 4 is 5.91 Å². The monoisotopic (exact) mass is 319 g/mol. The SMILES string of the molecule is CCc1ccc([C@H](C)NC(=O)[C@@H](C)OC[C@H]2CCCCO2)cc1. The van der Waals surface area contributed by atoms with Crippen LogP contribution in [0.15, 0.2) is 24.3 Å². The van der Waals surface area contributed by atoms with Crippen molar-refractivity contribution in [1.82, 2.24) is 5.32 Å². The number of rotatable bonds is 7. The molecule has 4 nitrogen and oxygen atoms in total. The highest BCUT2D eigenvalue weighted by Gasteiger charge is 2.20. The summed E-state index contributed by atoms with van der Waals surface area (Å²) < 4.78 is 11.3. The van der Waals surface area contributed by atoms with Crippen molar-refractivity contribution in [1.29, 1.82) is 0 Å². The zero-order chi connectivity index (χ0) is 16.7. The first-order valence-electron chi connectivity index (χ1n) is 8.72. The Kier molecular flexibility index (Phi) is 7.06. The van der Waals surface area contributed by atoms with Gasteiger partial charge in [0.2, 0.25) is 5.91 Å². The Morgan fingerprint density at radius 3 is 2.65 bits per heavy atom. The van der Waals surface area contributed by atoms with Gasteiger partial charge < -0.3 is 14.8 Å². The molecule has 1 heterocycles. The van der Waals surface area contributed by atoms with Gasteiger partial charge >= 0.3 is 0 Å². The highest BCUT2D eigenvalue weighted by molar-refractivity contribution is 5.80. The van der Waals surface area contributed by atoms with Crippen LogP contribution in [-0.4, -0.2) is 31.3 Å². The summed E-state index contributed by atoms with van der Waals surface area (Å²) in [7, 11) is 0. The van der Waals surface area contributed by atoms with Crippen LogP contribution in [-0.2, 0) is 20.7 Å². The summed E-state index contributed by atoms with van der Waals surface area (Å²) in [5.41, 5.74) is 2.41. The van der Waals surface area contributed by atoms with Gasteiger partial charge in [-0.1, -0.05) is 31.2 Å². The van der Waals surface area contributed by atoms with Crippen molar-refractivity contribution in [2.45, 2.75) is 64.7 Å². The summed E-state index contributed by atoms with van der Waals surface area (Å²) in [6.45, 7) is 7.23. The lowest BCUT2D eigenvalue weighted by molar-refractivity contribution is -0.136.